The number of quaternary nitrogens is 1. The Labute approximate surface area is 172 Å². The van der Waals surface area contributed by atoms with Crippen LogP contribution in [0.15, 0.2) is 41.3 Å². The Morgan fingerprint density at radius 3 is 2.38 bits per heavy atom. The fraction of sp³-hybridized carbons (Fsp3) is 0.381. The van der Waals surface area contributed by atoms with Gasteiger partial charge in [-0.05, 0) is 42.8 Å². The van der Waals surface area contributed by atoms with Crippen molar-refractivity contribution in [3.63, 3.8) is 0 Å². The van der Waals surface area contributed by atoms with Crippen molar-refractivity contribution in [3.05, 3.63) is 53.1 Å². The molecule has 7 nitrogen and oxygen atoms in total. The molecule has 0 aliphatic carbocycles. The first kappa shape index (κ1) is 21.1. The second kappa shape index (κ2) is 8.82. The summed E-state index contributed by atoms with van der Waals surface area (Å²) < 4.78 is 38.1. The molecule has 1 saturated heterocycles. The van der Waals surface area contributed by atoms with E-state index in [0.717, 1.165) is 17.7 Å². The Balaban J connectivity index is 1.69. The maximum atomic E-state index is 12.9. The van der Waals surface area contributed by atoms with Gasteiger partial charge in [-0.3, -0.25) is 0 Å². The van der Waals surface area contributed by atoms with E-state index < -0.39 is 10.0 Å². The maximum absolute atomic E-state index is 12.9. The van der Waals surface area contributed by atoms with E-state index in [9.17, 15) is 8.42 Å². The molecular formula is C21H26N3O4S+. The minimum atomic E-state index is -3.59. The summed E-state index contributed by atoms with van der Waals surface area (Å²) in [5.41, 5.74) is 2.63. The van der Waals surface area contributed by atoms with E-state index in [1.807, 2.05) is 25.1 Å². The van der Waals surface area contributed by atoms with Gasteiger partial charge in [-0.2, -0.15) is 9.57 Å². The second-order valence-electron chi connectivity index (χ2n) is 7.10. The van der Waals surface area contributed by atoms with Crippen molar-refractivity contribution in [2.24, 2.45) is 0 Å². The van der Waals surface area contributed by atoms with E-state index in [1.165, 1.54) is 15.3 Å². The van der Waals surface area contributed by atoms with Crippen molar-refractivity contribution < 1.29 is 22.8 Å². The van der Waals surface area contributed by atoms with Gasteiger partial charge in [-0.25, -0.2) is 8.42 Å². The number of methoxy groups -OCH3 is 2. The first-order valence-corrected chi connectivity index (χ1v) is 10.9. The summed E-state index contributed by atoms with van der Waals surface area (Å²) in [6.07, 6.45) is 0. The van der Waals surface area contributed by atoms with Crippen LogP contribution < -0.4 is 14.4 Å². The van der Waals surface area contributed by atoms with Crippen molar-refractivity contribution in [3.8, 4) is 17.6 Å². The molecule has 154 valence electrons. The molecule has 0 atom stereocenters. The summed E-state index contributed by atoms with van der Waals surface area (Å²) in [4.78, 5) is 1.49. The van der Waals surface area contributed by atoms with Crippen molar-refractivity contribution in [2.75, 3.05) is 40.4 Å². The number of hydrogen-bond donors (Lipinski definition) is 1. The van der Waals surface area contributed by atoms with E-state index in [4.69, 9.17) is 14.7 Å². The summed E-state index contributed by atoms with van der Waals surface area (Å²) in [6.45, 7) is 5.15. The van der Waals surface area contributed by atoms with Crippen molar-refractivity contribution in [1.82, 2.24) is 4.31 Å². The van der Waals surface area contributed by atoms with Crippen LogP contribution in [0, 0.1) is 18.3 Å². The normalized spacial score (nSPS) is 15.7. The Hall–Kier alpha value is -2.60. The van der Waals surface area contributed by atoms with E-state index >= 15 is 0 Å². The van der Waals surface area contributed by atoms with Crippen LogP contribution in [-0.2, 0) is 16.6 Å². The quantitative estimate of drug-likeness (QED) is 0.759. The fourth-order valence-electron chi connectivity index (χ4n) is 3.58. The highest BCUT2D eigenvalue weighted by molar-refractivity contribution is 7.89. The monoisotopic (exact) mass is 416 g/mol. The molecule has 2 aromatic carbocycles. The third-order valence-electron chi connectivity index (χ3n) is 5.31. The van der Waals surface area contributed by atoms with Gasteiger partial charge in [0.1, 0.15) is 6.54 Å². The Morgan fingerprint density at radius 2 is 1.76 bits per heavy atom. The molecule has 0 saturated carbocycles. The van der Waals surface area contributed by atoms with E-state index in [1.54, 1.807) is 32.4 Å². The van der Waals surface area contributed by atoms with Crippen molar-refractivity contribution >= 4 is 10.0 Å². The molecule has 1 aliphatic heterocycles. The van der Waals surface area contributed by atoms with E-state index in [-0.39, 0.29) is 4.90 Å². The summed E-state index contributed by atoms with van der Waals surface area (Å²) >= 11 is 0. The lowest BCUT2D eigenvalue weighted by Gasteiger charge is -2.32. The number of nitriles is 1. The molecule has 1 aliphatic rings. The number of ether oxygens (including phenoxy) is 2. The third kappa shape index (κ3) is 4.53. The molecule has 3 rings (SSSR count). The van der Waals surface area contributed by atoms with Crippen molar-refractivity contribution in [1.29, 1.82) is 5.26 Å². The molecule has 1 heterocycles. The van der Waals surface area contributed by atoms with Gasteiger partial charge in [0.15, 0.2) is 11.5 Å². The van der Waals surface area contributed by atoms with Crippen LogP contribution >= 0.6 is 0 Å². The topological polar surface area (TPSA) is 84.1 Å². The molecule has 1 N–H and O–H groups in total. The van der Waals surface area contributed by atoms with Crippen LogP contribution in [-0.4, -0.2) is 53.1 Å². The van der Waals surface area contributed by atoms with Gasteiger partial charge in [0, 0.05) is 5.56 Å². The van der Waals surface area contributed by atoms with Gasteiger partial charge < -0.3 is 14.4 Å². The van der Waals surface area contributed by atoms with Gasteiger partial charge in [0.05, 0.1) is 56.9 Å². The summed E-state index contributed by atoms with van der Waals surface area (Å²) in [6, 6.07) is 12.1. The highest BCUT2D eigenvalue weighted by atomic mass is 32.2. The molecule has 1 fully saturated rings. The number of sulfonamides is 1. The molecule has 0 aromatic heterocycles. The summed E-state index contributed by atoms with van der Waals surface area (Å²) in [5.74, 6) is 1.41. The Kier molecular flexibility index (Phi) is 6.42. The Bertz CT molecular complexity index is 1020. The average Bonchev–Trinajstić information content (AvgIpc) is 2.75. The zero-order valence-corrected chi connectivity index (χ0v) is 17.8. The highest BCUT2D eigenvalue weighted by Crippen LogP contribution is 2.30. The number of hydrogen-bond acceptors (Lipinski definition) is 5. The van der Waals surface area contributed by atoms with Crippen LogP contribution in [0.5, 0.6) is 11.5 Å². The van der Waals surface area contributed by atoms with Gasteiger partial charge in [0.25, 0.3) is 0 Å². The first-order chi connectivity index (χ1) is 13.9. The number of benzene rings is 2. The molecule has 0 amide bonds. The van der Waals surface area contributed by atoms with Gasteiger partial charge >= 0.3 is 0 Å². The number of piperazine rings is 1. The standard InChI is InChI=1S/C21H25N3O4S/c1-16-11-20(27-2)21(28-3)13-18(16)15-23-7-9-24(10-8-23)29(25,26)19-6-4-5-17(12-19)14-22/h4-6,11-13H,7-10,15H2,1-3H3/p+1. The third-order valence-corrected chi connectivity index (χ3v) is 7.21. The van der Waals surface area contributed by atoms with Crippen LogP contribution in [0.3, 0.4) is 0 Å². The summed E-state index contributed by atoms with van der Waals surface area (Å²) in [7, 11) is -0.347. The molecular weight excluding hydrogens is 390 g/mol. The summed E-state index contributed by atoms with van der Waals surface area (Å²) in [5, 5.41) is 9.03. The van der Waals surface area contributed by atoms with Crippen LogP contribution in [0.2, 0.25) is 0 Å². The highest BCUT2D eigenvalue weighted by Gasteiger charge is 2.30. The zero-order chi connectivity index (χ0) is 21.0. The van der Waals surface area contributed by atoms with E-state index in [2.05, 4.69) is 0 Å². The number of rotatable bonds is 6. The number of nitrogens with one attached hydrogen (secondary N) is 1. The lowest BCUT2D eigenvalue weighted by molar-refractivity contribution is -0.917. The fourth-order valence-corrected chi connectivity index (χ4v) is 5.07. The van der Waals surface area contributed by atoms with Gasteiger partial charge in [-0.1, -0.05) is 6.07 Å². The molecule has 8 heteroatoms. The molecule has 0 bridgehead atoms. The lowest BCUT2D eigenvalue weighted by atomic mass is 10.1. The second-order valence-corrected chi connectivity index (χ2v) is 9.04. The molecule has 0 spiro atoms. The van der Waals surface area contributed by atoms with Crippen LogP contribution in [0.4, 0.5) is 0 Å². The lowest BCUT2D eigenvalue weighted by Crippen LogP contribution is -3.13. The molecule has 0 radical (unpaired) electrons. The number of nitrogens with zero attached hydrogens (tertiary/aromatic N) is 2. The maximum Gasteiger partial charge on any atom is 0.243 e. The van der Waals surface area contributed by atoms with Crippen LogP contribution in [0.1, 0.15) is 16.7 Å². The minimum absolute atomic E-state index is 0.177. The Morgan fingerprint density at radius 1 is 1.10 bits per heavy atom. The number of aryl methyl sites for hydroxylation is 1. The molecule has 29 heavy (non-hydrogen) atoms. The first-order valence-electron chi connectivity index (χ1n) is 9.44. The predicted octanol–water partition coefficient (Wildman–Crippen LogP) is 0.973. The minimum Gasteiger partial charge on any atom is -0.493 e. The molecule has 0 unspecified atom stereocenters. The van der Waals surface area contributed by atoms with Gasteiger partial charge in [0.2, 0.25) is 10.0 Å². The smallest absolute Gasteiger partial charge is 0.243 e. The van der Waals surface area contributed by atoms with Crippen molar-refractivity contribution in [2.45, 2.75) is 18.4 Å². The van der Waals surface area contributed by atoms with E-state index in [0.29, 0.717) is 43.2 Å². The zero-order valence-electron chi connectivity index (χ0n) is 16.9. The average molecular weight is 417 g/mol. The predicted molar refractivity (Wildman–Crippen MR) is 109 cm³/mol. The SMILES string of the molecule is COc1cc(C)c(C[NH+]2CCN(S(=O)(=O)c3cccc(C#N)c3)CC2)cc1OC. The van der Waals surface area contributed by atoms with Crippen LogP contribution in [0.25, 0.3) is 0 Å². The van der Waals surface area contributed by atoms with Gasteiger partial charge in [-0.15, -0.1) is 0 Å². The molecule has 2 aromatic rings. The largest absolute Gasteiger partial charge is 0.493 e.